The van der Waals surface area contributed by atoms with E-state index < -0.39 is 35.4 Å². The standard InChI is InChI=1S/C17H23FN2O5/c1-17(2,3)25-16(23)19-10-14(21)20-13(15(22)24-4)9-11-5-7-12(18)8-6-11/h5-8,13H,9-10H2,1-4H3,(H,19,23)(H,20,21)/t13-/m0/s1. The van der Waals surface area contributed by atoms with Gasteiger partial charge in [0.1, 0.15) is 24.0 Å². The van der Waals surface area contributed by atoms with Crippen molar-refractivity contribution in [3.63, 3.8) is 0 Å². The highest BCUT2D eigenvalue weighted by molar-refractivity contribution is 5.87. The highest BCUT2D eigenvalue weighted by atomic mass is 19.1. The minimum atomic E-state index is -0.955. The number of amides is 2. The molecule has 138 valence electrons. The Bertz CT molecular complexity index is 610. The highest BCUT2D eigenvalue weighted by Gasteiger charge is 2.23. The third-order valence-electron chi connectivity index (χ3n) is 2.97. The van der Waals surface area contributed by atoms with Gasteiger partial charge in [-0.1, -0.05) is 12.1 Å². The number of nitrogens with one attached hydrogen (secondary N) is 2. The van der Waals surface area contributed by atoms with E-state index in [1.54, 1.807) is 20.8 Å². The molecule has 0 heterocycles. The molecule has 0 spiro atoms. The van der Waals surface area contributed by atoms with Crippen LogP contribution in [-0.2, 0) is 25.5 Å². The fraction of sp³-hybridized carbons (Fsp3) is 0.471. The van der Waals surface area contributed by atoms with Crippen molar-refractivity contribution in [1.29, 1.82) is 0 Å². The molecule has 0 fully saturated rings. The summed E-state index contributed by atoms with van der Waals surface area (Å²) in [6, 6.07) is 4.58. The van der Waals surface area contributed by atoms with Crippen molar-refractivity contribution in [3.8, 4) is 0 Å². The molecule has 2 N–H and O–H groups in total. The topological polar surface area (TPSA) is 93.7 Å². The fourth-order valence-corrected chi connectivity index (χ4v) is 1.90. The van der Waals surface area contributed by atoms with E-state index in [2.05, 4.69) is 15.4 Å². The molecule has 1 aromatic rings. The van der Waals surface area contributed by atoms with Crippen LogP contribution in [0.5, 0.6) is 0 Å². The van der Waals surface area contributed by atoms with E-state index in [1.165, 1.54) is 31.4 Å². The summed E-state index contributed by atoms with van der Waals surface area (Å²) >= 11 is 0. The number of methoxy groups -OCH3 is 1. The largest absolute Gasteiger partial charge is 0.467 e. The van der Waals surface area contributed by atoms with E-state index in [0.717, 1.165) is 0 Å². The van der Waals surface area contributed by atoms with Crippen LogP contribution in [0.2, 0.25) is 0 Å². The van der Waals surface area contributed by atoms with Crippen molar-refractivity contribution in [1.82, 2.24) is 10.6 Å². The number of halogens is 1. The Balaban J connectivity index is 2.59. The molecule has 0 aliphatic heterocycles. The molecule has 2 amide bonds. The molecular weight excluding hydrogens is 331 g/mol. The van der Waals surface area contributed by atoms with Gasteiger partial charge in [0.25, 0.3) is 0 Å². The van der Waals surface area contributed by atoms with Crippen LogP contribution >= 0.6 is 0 Å². The van der Waals surface area contributed by atoms with Gasteiger partial charge in [-0.05, 0) is 38.5 Å². The first kappa shape index (κ1) is 20.4. The molecule has 8 heteroatoms. The second-order valence-electron chi connectivity index (χ2n) is 6.33. The van der Waals surface area contributed by atoms with Gasteiger partial charge in [-0.25, -0.2) is 14.0 Å². The van der Waals surface area contributed by atoms with Crippen LogP contribution < -0.4 is 10.6 Å². The van der Waals surface area contributed by atoms with Crippen LogP contribution in [0.4, 0.5) is 9.18 Å². The Morgan fingerprint density at radius 2 is 1.76 bits per heavy atom. The van der Waals surface area contributed by atoms with Gasteiger partial charge in [-0.15, -0.1) is 0 Å². The van der Waals surface area contributed by atoms with Gasteiger partial charge in [0.2, 0.25) is 5.91 Å². The predicted molar refractivity (Wildman–Crippen MR) is 88.3 cm³/mol. The van der Waals surface area contributed by atoms with Crippen molar-refractivity contribution in [2.45, 2.75) is 38.8 Å². The van der Waals surface area contributed by atoms with Crippen molar-refractivity contribution in [2.75, 3.05) is 13.7 Å². The van der Waals surface area contributed by atoms with Crippen molar-refractivity contribution < 1.29 is 28.2 Å². The number of alkyl carbamates (subject to hydrolysis) is 1. The molecule has 0 aliphatic carbocycles. The summed E-state index contributed by atoms with van der Waals surface area (Å²) < 4.78 is 22.6. The van der Waals surface area contributed by atoms with E-state index in [1.807, 2.05) is 0 Å². The van der Waals surface area contributed by atoms with E-state index in [-0.39, 0.29) is 13.0 Å². The Kier molecular flexibility index (Phi) is 7.35. The molecule has 1 atom stereocenters. The van der Waals surface area contributed by atoms with Crippen LogP contribution in [0.15, 0.2) is 24.3 Å². The smallest absolute Gasteiger partial charge is 0.408 e. The average molecular weight is 354 g/mol. The molecule has 0 unspecified atom stereocenters. The van der Waals surface area contributed by atoms with Crippen LogP contribution in [-0.4, -0.2) is 43.3 Å². The maximum atomic E-state index is 12.9. The van der Waals surface area contributed by atoms with Crippen LogP contribution in [0.3, 0.4) is 0 Å². The Morgan fingerprint density at radius 1 is 1.16 bits per heavy atom. The van der Waals surface area contributed by atoms with E-state index in [4.69, 9.17) is 4.74 Å². The SMILES string of the molecule is COC(=O)[C@H](Cc1ccc(F)cc1)NC(=O)CNC(=O)OC(C)(C)C. The summed E-state index contributed by atoms with van der Waals surface area (Å²) in [7, 11) is 1.20. The zero-order valence-corrected chi connectivity index (χ0v) is 14.7. The van der Waals surface area contributed by atoms with Gasteiger partial charge in [-0.3, -0.25) is 4.79 Å². The summed E-state index contributed by atoms with van der Waals surface area (Å²) in [5.74, 6) is -1.62. The van der Waals surface area contributed by atoms with Gasteiger partial charge in [0.05, 0.1) is 7.11 Å². The van der Waals surface area contributed by atoms with Gasteiger partial charge >= 0.3 is 12.1 Å². The van der Waals surface area contributed by atoms with Gasteiger partial charge in [0.15, 0.2) is 0 Å². The number of ether oxygens (including phenoxy) is 2. The Morgan fingerprint density at radius 3 is 2.28 bits per heavy atom. The first-order valence-electron chi connectivity index (χ1n) is 7.69. The molecule has 0 saturated carbocycles. The third-order valence-corrected chi connectivity index (χ3v) is 2.97. The lowest BCUT2D eigenvalue weighted by molar-refractivity contribution is -0.144. The lowest BCUT2D eigenvalue weighted by Crippen LogP contribution is -2.47. The zero-order valence-electron chi connectivity index (χ0n) is 14.7. The van der Waals surface area contributed by atoms with E-state index >= 15 is 0 Å². The zero-order chi connectivity index (χ0) is 19.0. The minimum absolute atomic E-state index is 0.130. The first-order chi connectivity index (χ1) is 11.6. The van der Waals surface area contributed by atoms with Gasteiger partial charge in [-0.2, -0.15) is 0 Å². The monoisotopic (exact) mass is 354 g/mol. The number of benzene rings is 1. The van der Waals surface area contributed by atoms with Crippen LogP contribution in [0.1, 0.15) is 26.3 Å². The maximum Gasteiger partial charge on any atom is 0.408 e. The summed E-state index contributed by atoms with van der Waals surface area (Å²) in [5, 5.41) is 4.77. The molecule has 25 heavy (non-hydrogen) atoms. The highest BCUT2D eigenvalue weighted by Crippen LogP contribution is 2.08. The summed E-state index contributed by atoms with van der Waals surface area (Å²) in [5.41, 5.74) is -0.0327. The number of esters is 1. The molecule has 7 nitrogen and oxygen atoms in total. The van der Waals surface area contributed by atoms with Crippen molar-refractivity contribution in [3.05, 3.63) is 35.6 Å². The molecule has 1 rings (SSSR count). The Labute approximate surface area is 145 Å². The second-order valence-corrected chi connectivity index (χ2v) is 6.33. The van der Waals surface area contributed by atoms with E-state index in [9.17, 15) is 18.8 Å². The third kappa shape index (κ3) is 8.14. The summed E-state index contributed by atoms with van der Waals surface area (Å²) in [6.07, 6.45) is -0.610. The first-order valence-corrected chi connectivity index (χ1v) is 7.69. The fourth-order valence-electron chi connectivity index (χ4n) is 1.90. The molecule has 1 aromatic carbocycles. The molecule has 0 radical (unpaired) electrons. The number of hydrogen-bond acceptors (Lipinski definition) is 5. The second kappa shape index (κ2) is 9.00. The van der Waals surface area contributed by atoms with Gasteiger partial charge in [0, 0.05) is 6.42 Å². The molecule has 0 bridgehead atoms. The van der Waals surface area contributed by atoms with Crippen molar-refractivity contribution >= 4 is 18.0 Å². The minimum Gasteiger partial charge on any atom is -0.467 e. The lowest BCUT2D eigenvalue weighted by Gasteiger charge is -2.20. The normalized spacial score (nSPS) is 12.0. The number of hydrogen-bond donors (Lipinski definition) is 2. The van der Waals surface area contributed by atoms with Crippen LogP contribution in [0, 0.1) is 5.82 Å². The number of carbonyl (C=O) groups excluding carboxylic acids is 3. The number of rotatable bonds is 6. The maximum absolute atomic E-state index is 12.9. The van der Waals surface area contributed by atoms with E-state index in [0.29, 0.717) is 5.56 Å². The average Bonchev–Trinajstić information content (AvgIpc) is 2.52. The van der Waals surface area contributed by atoms with Crippen molar-refractivity contribution in [2.24, 2.45) is 0 Å². The van der Waals surface area contributed by atoms with Crippen LogP contribution in [0.25, 0.3) is 0 Å². The number of carbonyl (C=O) groups is 3. The van der Waals surface area contributed by atoms with Gasteiger partial charge < -0.3 is 20.1 Å². The summed E-state index contributed by atoms with van der Waals surface area (Å²) in [4.78, 5) is 35.3. The molecule has 0 aliphatic rings. The molecule has 0 saturated heterocycles. The molecule has 0 aromatic heterocycles. The molecular formula is C17H23FN2O5. The summed E-state index contributed by atoms with van der Waals surface area (Å²) in [6.45, 7) is 4.74. The quantitative estimate of drug-likeness (QED) is 0.756. The Hall–Kier alpha value is -2.64. The predicted octanol–water partition coefficient (Wildman–Crippen LogP) is 1.55. The lowest BCUT2D eigenvalue weighted by atomic mass is 10.1.